The van der Waals surface area contributed by atoms with Crippen LogP contribution in [0.5, 0.6) is 0 Å². The van der Waals surface area contributed by atoms with Crippen molar-refractivity contribution in [1.29, 1.82) is 0 Å². The van der Waals surface area contributed by atoms with Crippen LogP contribution in [-0.4, -0.2) is 0 Å². The Morgan fingerprint density at radius 2 is 2.40 bits per heavy atom. The molecule has 2 atom stereocenters. The number of hydrogen-bond donors (Lipinski definition) is 0. The quantitative estimate of drug-likeness (QED) is 0.513. The average molecular weight is 138 g/mol. The summed E-state index contributed by atoms with van der Waals surface area (Å²) < 4.78 is 0. The average Bonchev–Trinajstić information content (AvgIpc) is 2.34. The van der Waals surface area contributed by atoms with Crippen molar-refractivity contribution in [3.8, 4) is 0 Å². The zero-order valence-electron chi connectivity index (χ0n) is 7.35. The summed E-state index contributed by atoms with van der Waals surface area (Å²) in [6.45, 7) is 6.91. The maximum atomic E-state index is 2.40. The van der Waals surface area contributed by atoms with Crippen molar-refractivity contribution in [1.82, 2.24) is 0 Å². The van der Waals surface area contributed by atoms with Crippen LogP contribution in [0.2, 0.25) is 0 Å². The highest BCUT2D eigenvalue weighted by molar-refractivity contribution is 5.07. The first-order chi connectivity index (χ1) is 4.74. The number of allylic oxidation sites excluding steroid dienone is 2. The molecule has 1 aliphatic rings. The Balaban J connectivity index is 2.34. The van der Waals surface area contributed by atoms with Crippen molar-refractivity contribution >= 4 is 0 Å². The molecule has 1 aliphatic carbocycles. The van der Waals surface area contributed by atoms with Crippen molar-refractivity contribution < 1.29 is 0 Å². The molecule has 0 heterocycles. The molecule has 0 saturated carbocycles. The topological polar surface area (TPSA) is 0 Å². The molecule has 10 heavy (non-hydrogen) atoms. The van der Waals surface area contributed by atoms with Crippen molar-refractivity contribution in [3.05, 3.63) is 11.6 Å². The molecular weight excluding hydrogens is 120 g/mol. The molecule has 2 unspecified atom stereocenters. The molecule has 0 aromatic heterocycles. The van der Waals surface area contributed by atoms with Gasteiger partial charge in [0.05, 0.1) is 0 Å². The van der Waals surface area contributed by atoms with Crippen molar-refractivity contribution in [2.75, 3.05) is 0 Å². The lowest BCUT2D eigenvalue weighted by molar-refractivity contribution is 0.364. The second-order valence-corrected chi connectivity index (χ2v) is 3.64. The van der Waals surface area contributed by atoms with E-state index < -0.39 is 0 Å². The van der Waals surface area contributed by atoms with Gasteiger partial charge in [0.2, 0.25) is 0 Å². The van der Waals surface area contributed by atoms with Gasteiger partial charge >= 0.3 is 0 Å². The van der Waals surface area contributed by atoms with Gasteiger partial charge in [-0.1, -0.05) is 31.9 Å². The lowest BCUT2D eigenvalue weighted by Crippen LogP contribution is -2.06. The first kappa shape index (κ1) is 7.84. The summed E-state index contributed by atoms with van der Waals surface area (Å²) in [5.41, 5.74) is 1.60. The fraction of sp³-hybridized carbons (Fsp3) is 0.800. The van der Waals surface area contributed by atoms with E-state index in [4.69, 9.17) is 0 Å². The molecule has 0 saturated heterocycles. The molecule has 0 bridgehead atoms. The Morgan fingerprint density at radius 3 is 2.80 bits per heavy atom. The second kappa shape index (κ2) is 3.23. The van der Waals surface area contributed by atoms with Crippen LogP contribution in [0.1, 0.15) is 40.0 Å². The molecule has 0 fully saturated rings. The maximum absolute atomic E-state index is 2.40. The Kier molecular flexibility index (Phi) is 2.53. The molecule has 0 amide bonds. The van der Waals surface area contributed by atoms with Gasteiger partial charge in [-0.05, 0) is 31.6 Å². The molecule has 0 radical (unpaired) electrons. The van der Waals surface area contributed by atoms with Gasteiger partial charge in [-0.15, -0.1) is 0 Å². The third-order valence-electron chi connectivity index (χ3n) is 2.80. The normalized spacial score (nSPS) is 28.3. The van der Waals surface area contributed by atoms with Crippen LogP contribution >= 0.6 is 0 Å². The minimum Gasteiger partial charge on any atom is -0.0853 e. The second-order valence-electron chi connectivity index (χ2n) is 3.64. The Labute approximate surface area is 64.3 Å². The smallest absolute Gasteiger partial charge is 0.0289 e. The first-order valence-corrected chi connectivity index (χ1v) is 4.39. The SMILES string of the molecule is CCC(C)C1CC=C(C)C1. The molecule has 0 N–H and O–H groups in total. The summed E-state index contributed by atoms with van der Waals surface area (Å²) in [7, 11) is 0. The highest BCUT2D eigenvalue weighted by Gasteiger charge is 2.18. The summed E-state index contributed by atoms with van der Waals surface area (Å²) in [4.78, 5) is 0. The van der Waals surface area contributed by atoms with E-state index in [0.29, 0.717) is 0 Å². The van der Waals surface area contributed by atoms with Gasteiger partial charge < -0.3 is 0 Å². The molecule has 58 valence electrons. The number of hydrogen-bond acceptors (Lipinski definition) is 0. The third-order valence-corrected chi connectivity index (χ3v) is 2.80. The van der Waals surface area contributed by atoms with E-state index in [9.17, 15) is 0 Å². The Hall–Kier alpha value is -0.260. The van der Waals surface area contributed by atoms with E-state index in [1.807, 2.05) is 0 Å². The van der Waals surface area contributed by atoms with E-state index >= 15 is 0 Å². The Bertz CT molecular complexity index is 133. The summed E-state index contributed by atoms with van der Waals surface area (Å²) in [6, 6.07) is 0. The summed E-state index contributed by atoms with van der Waals surface area (Å²) in [5.74, 6) is 1.89. The lowest BCUT2D eigenvalue weighted by Gasteiger charge is -2.16. The Morgan fingerprint density at radius 1 is 1.70 bits per heavy atom. The molecule has 0 aliphatic heterocycles. The zero-order chi connectivity index (χ0) is 7.56. The highest BCUT2D eigenvalue weighted by Crippen LogP contribution is 2.31. The van der Waals surface area contributed by atoms with Gasteiger partial charge in [-0.2, -0.15) is 0 Å². The number of rotatable bonds is 2. The molecule has 0 heteroatoms. The molecule has 0 nitrogen and oxygen atoms in total. The van der Waals surface area contributed by atoms with Crippen LogP contribution in [0.25, 0.3) is 0 Å². The summed E-state index contributed by atoms with van der Waals surface area (Å²) >= 11 is 0. The monoisotopic (exact) mass is 138 g/mol. The molecular formula is C10H18. The molecule has 0 spiro atoms. The van der Waals surface area contributed by atoms with E-state index in [-0.39, 0.29) is 0 Å². The van der Waals surface area contributed by atoms with E-state index in [2.05, 4.69) is 26.8 Å². The fourth-order valence-corrected chi connectivity index (χ4v) is 1.70. The minimum atomic E-state index is 0.925. The zero-order valence-corrected chi connectivity index (χ0v) is 7.35. The van der Waals surface area contributed by atoms with Gasteiger partial charge in [0.25, 0.3) is 0 Å². The standard InChI is InChI=1S/C10H18/c1-4-9(3)10-6-5-8(2)7-10/h5,9-10H,4,6-7H2,1-3H3. The van der Waals surface area contributed by atoms with Gasteiger partial charge in [0.1, 0.15) is 0 Å². The van der Waals surface area contributed by atoms with Crippen LogP contribution in [0.4, 0.5) is 0 Å². The maximum Gasteiger partial charge on any atom is -0.0289 e. The predicted octanol–water partition coefficient (Wildman–Crippen LogP) is 3.39. The van der Waals surface area contributed by atoms with E-state index in [1.54, 1.807) is 5.57 Å². The van der Waals surface area contributed by atoms with Crippen LogP contribution in [0.15, 0.2) is 11.6 Å². The van der Waals surface area contributed by atoms with Gasteiger partial charge in [0.15, 0.2) is 0 Å². The van der Waals surface area contributed by atoms with Crippen LogP contribution < -0.4 is 0 Å². The largest absolute Gasteiger partial charge is 0.0853 e. The molecule has 0 aromatic rings. The summed E-state index contributed by atoms with van der Waals surface area (Å²) in [5, 5.41) is 0. The minimum absolute atomic E-state index is 0.925. The van der Waals surface area contributed by atoms with Crippen LogP contribution in [0, 0.1) is 11.8 Å². The highest BCUT2D eigenvalue weighted by atomic mass is 14.2. The van der Waals surface area contributed by atoms with Crippen molar-refractivity contribution in [2.45, 2.75) is 40.0 Å². The lowest BCUT2D eigenvalue weighted by atomic mass is 9.89. The van der Waals surface area contributed by atoms with Crippen LogP contribution in [0.3, 0.4) is 0 Å². The van der Waals surface area contributed by atoms with Gasteiger partial charge in [0, 0.05) is 0 Å². The van der Waals surface area contributed by atoms with Crippen molar-refractivity contribution in [2.24, 2.45) is 11.8 Å². The predicted molar refractivity (Wildman–Crippen MR) is 45.9 cm³/mol. The molecule has 1 rings (SSSR count). The van der Waals surface area contributed by atoms with Gasteiger partial charge in [-0.25, -0.2) is 0 Å². The van der Waals surface area contributed by atoms with E-state index in [0.717, 1.165) is 11.8 Å². The van der Waals surface area contributed by atoms with Gasteiger partial charge in [-0.3, -0.25) is 0 Å². The van der Waals surface area contributed by atoms with Crippen molar-refractivity contribution in [3.63, 3.8) is 0 Å². The van der Waals surface area contributed by atoms with Crippen LogP contribution in [-0.2, 0) is 0 Å². The third kappa shape index (κ3) is 1.62. The first-order valence-electron chi connectivity index (χ1n) is 4.39. The fourth-order valence-electron chi connectivity index (χ4n) is 1.70. The summed E-state index contributed by atoms with van der Waals surface area (Å²) in [6.07, 6.45) is 6.43. The molecule has 0 aromatic carbocycles. The van der Waals surface area contributed by atoms with E-state index in [1.165, 1.54) is 19.3 Å².